The lowest BCUT2D eigenvalue weighted by Gasteiger charge is -2.26. The second-order valence-electron chi connectivity index (χ2n) is 14.4. The Morgan fingerprint density at radius 3 is 1.89 bits per heavy atom. The molecule has 3 heterocycles. The molecule has 0 saturated heterocycles. The summed E-state index contributed by atoms with van der Waals surface area (Å²) in [4.78, 5) is 2.29. The summed E-state index contributed by atoms with van der Waals surface area (Å²) in [5.41, 5.74) is 12.3. The first-order valence-electron chi connectivity index (χ1n) is 18.9. The first-order chi connectivity index (χ1) is 27.7. The normalized spacial score (nSPS) is 11.9. The predicted molar refractivity (Wildman–Crippen MR) is 231 cm³/mol. The standard InChI is InChI=1S/C52H31NO3/c1-2-12-32(13-3-1)35-16-10-17-37(29-35)53(44-21-11-20-41-39-18-6-8-22-45(39)55-51(41)44)38-26-27-40-43-31-48-50(42-19-7-9-23-46(42)54-48)49(52(43)56-47(40)30-38)36-25-24-33-14-4-5-15-34(33)28-36/h1-31H. The Bertz CT molecular complexity index is 3500. The molecule has 3 aromatic heterocycles. The highest BCUT2D eigenvalue weighted by Gasteiger charge is 2.24. The minimum atomic E-state index is 0.789. The molecule has 0 fully saturated rings. The molecule has 9 aromatic carbocycles. The van der Waals surface area contributed by atoms with Gasteiger partial charge in [-0.2, -0.15) is 0 Å². The summed E-state index contributed by atoms with van der Waals surface area (Å²) >= 11 is 0. The number of anilines is 3. The molecular formula is C52H31NO3. The smallest absolute Gasteiger partial charge is 0.159 e. The van der Waals surface area contributed by atoms with Crippen molar-refractivity contribution in [2.45, 2.75) is 0 Å². The van der Waals surface area contributed by atoms with Gasteiger partial charge in [0.2, 0.25) is 0 Å². The van der Waals surface area contributed by atoms with E-state index in [0.29, 0.717) is 0 Å². The van der Waals surface area contributed by atoms with E-state index in [2.05, 4.69) is 169 Å². The van der Waals surface area contributed by atoms with E-state index in [4.69, 9.17) is 13.3 Å². The molecule has 0 bridgehead atoms. The lowest BCUT2D eigenvalue weighted by atomic mass is 9.95. The van der Waals surface area contributed by atoms with Gasteiger partial charge in [-0.3, -0.25) is 0 Å². The van der Waals surface area contributed by atoms with Crippen LogP contribution < -0.4 is 4.90 Å². The van der Waals surface area contributed by atoms with Crippen LogP contribution in [0.1, 0.15) is 0 Å². The Kier molecular flexibility index (Phi) is 6.60. The van der Waals surface area contributed by atoms with Gasteiger partial charge < -0.3 is 18.2 Å². The summed E-state index contributed by atoms with van der Waals surface area (Å²) in [5, 5.41) is 8.69. The zero-order valence-electron chi connectivity index (χ0n) is 30.1. The maximum absolute atomic E-state index is 7.08. The molecule has 4 heteroatoms. The second-order valence-corrected chi connectivity index (χ2v) is 14.4. The van der Waals surface area contributed by atoms with Crippen molar-refractivity contribution >= 4 is 93.7 Å². The molecule has 0 amide bonds. The van der Waals surface area contributed by atoms with Gasteiger partial charge in [-0.05, 0) is 82.1 Å². The molecule has 12 rings (SSSR count). The van der Waals surface area contributed by atoms with Crippen LogP contribution in [0.5, 0.6) is 0 Å². The second kappa shape index (κ2) is 12.0. The summed E-state index contributed by atoms with van der Waals surface area (Å²) in [6.45, 7) is 0. The number of para-hydroxylation sites is 3. The van der Waals surface area contributed by atoms with E-state index in [9.17, 15) is 0 Å². The number of hydrogen-bond acceptors (Lipinski definition) is 4. The summed E-state index contributed by atoms with van der Waals surface area (Å²) in [6, 6.07) is 65.9. The fraction of sp³-hybridized carbons (Fsp3) is 0. The van der Waals surface area contributed by atoms with Gasteiger partial charge in [0.15, 0.2) is 5.58 Å². The molecule has 4 nitrogen and oxygen atoms in total. The molecular weight excluding hydrogens is 687 g/mol. The Labute approximate surface area is 321 Å². The van der Waals surface area contributed by atoms with Crippen molar-refractivity contribution in [2.75, 3.05) is 4.90 Å². The number of fused-ring (bicyclic) bond motifs is 10. The van der Waals surface area contributed by atoms with Gasteiger partial charge in [-0.1, -0.05) is 127 Å². The first-order valence-corrected chi connectivity index (χ1v) is 18.9. The fourth-order valence-corrected chi connectivity index (χ4v) is 8.65. The average molecular weight is 718 g/mol. The minimum Gasteiger partial charge on any atom is -0.456 e. The SMILES string of the molecule is c1ccc(-c2cccc(N(c3ccc4c(c3)oc3c(-c5ccc6ccccc6c5)c5c(cc34)oc3ccccc35)c3cccc4c3oc3ccccc34)c2)cc1. The van der Waals surface area contributed by atoms with Gasteiger partial charge in [0.25, 0.3) is 0 Å². The molecule has 0 aliphatic carbocycles. The average Bonchev–Trinajstić information content (AvgIpc) is 3.94. The van der Waals surface area contributed by atoms with Crippen LogP contribution in [0.3, 0.4) is 0 Å². The molecule has 0 saturated carbocycles. The molecule has 0 aliphatic heterocycles. The molecule has 0 atom stereocenters. The number of rotatable bonds is 5. The summed E-state index contributed by atoms with van der Waals surface area (Å²) < 4.78 is 20.3. The van der Waals surface area contributed by atoms with E-state index in [1.807, 2.05) is 24.3 Å². The lowest BCUT2D eigenvalue weighted by molar-refractivity contribution is 0.664. The van der Waals surface area contributed by atoms with E-state index in [0.717, 1.165) is 105 Å². The van der Waals surface area contributed by atoms with Gasteiger partial charge in [0.05, 0.1) is 11.4 Å². The Hall–Kier alpha value is -7.56. The maximum Gasteiger partial charge on any atom is 0.159 e. The fourth-order valence-electron chi connectivity index (χ4n) is 8.65. The molecule has 0 unspecified atom stereocenters. The first kappa shape index (κ1) is 30.9. The summed E-state index contributed by atoms with van der Waals surface area (Å²) in [7, 11) is 0. The van der Waals surface area contributed by atoms with Gasteiger partial charge in [0, 0.05) is 49.6 Å². The molecule has 0 spiro atoms. The van der Waals surface area contributed by atoms with Gasteiger partial charge in [-0.25, -0.2) is 0 Å². The molecule has 262 valence electrons. The van der Waals surface area contributed by atoms with Crippen LogP contribution in [0.4, 0.5) is 17.1 Å². The van der Waals surface area contributed by atoms with Crippen molar-refractivity contribution in [1.82, 2.24) is 0 Å². The quantitative estimate of drug-likeness (QED) is 0.178. The Morgan fingerprint density at radius 1 is 0.321 bits per heavy atom. The molecule has 0 aliphatic rings. The van der Waals surface area contributed by atoms with Crippen molar-refractivity contribution in [3.05, 3.63) is 188 Å². The van der Waals surface area contributed by atoms with E-state index in [-0.39, 0.29) is 0 Å². The van der Waals surface area contributed by atoms with E-state index < -0.39 is 0 Å². The maximum atomic E-state index is 7.08. The monoisotopic (exact) mass is 717 g/mol. The number of benzene rings is 9. The van der Waals surface area contributed by atoms with Crippen molar-refractivity contribution in [3.8, 4) is 22.3 Å². The van der Waals surface area contributed by atoms with Crippen molar-refractivity contribution in [2.24, 2.45) is 0 Å². The third kappa shape index (κ3) is 4.66. The third-order valence-electron chi connectivity index (χ3n) is 11.2. The largest absolute Gasteiger partial charge is 0.456 e. The molecule has 12 aromatic rings. The number of nitrogens with zero attached hydrogens (tertiary/aromatic N) is 1. The van der Waals surface area contributed by atoms with Gasteiger partial charge >= 0.3 is 0 Å². The predicted octanol–water partition coefficient (Wildman–Crippen LogP) is 15.3. The summed E-state index contributed by atoms with van der Waals surface area (Å²) in [5.74, 6) is 0. The zero-order chi connectivity index (χ0) is 36.7. The van der Waals surface area contributed by atoms with Crippen LogP contribution in [0.15, 0.2) is 201 Å². The highest BCUT2D eigenvalue weighted by Crippen LogP contribution is 2.48. The van der Waals surface area contributed by atoms with E-state index in [1.165, 1.54) is 10.8 Å². The number of furan rings is 3. The lowest BCUT2D eigenvalue weighted by Crippen LogP contribution is -2.10. The highest BCUT2D eigenvalue weighted by molar-refractivity contribution is 6.24. The third-order valence-corrected chi connectivity index (χ3v) is 11.2. The molecule has 56 heavy (non-hydrogen) atoms. The highest BCUT2D eigenvalue weighted by atomic mass is 16.3. The Balaban J connectivity index is 1.12. The van der Waals surface area contributed by atoms with Gasteiger partial charge in [0.1, 0.15) is 27.9 Å². The Morgan fingerprint density at radius 2 is 1.00 bits per heavy atom. The van der Waals surface area contributed by atoms with Crippen molar-refractivity contribution < 1.29 is 13.3 Å². The van der Waals surface area contributed by atoms with Crippen LogP contribution in [-0.4, -0.2) is 0 Å². The topological polar surface area (TPSA) is 42.7 Å². The summed E-state index contributed by atoms with van der Waals surface area (Å²) in [6.07, 6.45) is 0. The van der Waals surface area contributed by atoms with Crippen LogP contribution in [0, 0.1) is 0 Å². The van der Waals surface area contributed by atoms with Crippen LogP contribution in [0.25, 0.3) is 98.8 Å². The minimum absolute atomic E-state index is 0.789. The zero-order valence-corrected chi connectivity index (χ0v) is 30.1. The molecule has 0 N–H and O–H groups in total. The number of hydrogen-bond donors (Lipinski definition) is 0. The van der Waals surface area contributed by atoms with Crippen LogP contribution in [-0.2, 0) is 0 Å². The van der Waals surface area contributed by atoms with Crippen LogP contribution in [0.2, 0.25) is 0 Å². The molecule has 0 radical (unpaired) electrons. The van der Waals surface area contributed by atoms with Crippen molar-refractivity contribution in [3.63, 3.8) is 0 Å². The van der Waals surface area contributed by atoms with E-state index >= 15 is 0 Å². The van der Waals surface area contributed by atoms with Crippen molar-refractivity contribution in [1.29, 1.82) is 0 Å². The van der Waals surface area contributed by atoms with Crippen LogP contribution >= 0.6 is 0 Å². The van der Waals surface area contributed by atoms with Gasteiger partial charge in [-0.15, -0.1) is 0 Å². The van der Waals surface area contributed by atoms with E-state index in [1.54, 1.807) is 0 Å².